The van der Waals surface area contributed by atoms with Gasteiger partial charge in [-0.2, -0.15) is 0 Å². The lowest BCUT2D eigenvalue weighted by atomic mass is 10.2. The van der Waals surface area contributed by atoms with Crippen molar-refractivity contribution in [3.05, 3.63) is 59.1 Å². The molecule has 0 saturated carbocycles. The van der Waals surface area contributed by atoms with Crippen molar-refractivity contribution in [3.8, 4) is 5.75 Å². The zero-order valence-corrected chi connectivity index (χ0v) is 13.8. The van der Waals surface area contributed by atoms with Gasteiger partial charge in [-0.1, -0.05) is 23.7 Å². The third kappa shape index (κ3) is 5.82. The summed E-state index contributed by atoms with van der Waals surface area (Å²) in [6, 6.07) is 12.7. The predicted octanol–water partition coefficient (Wildman–Crippen LogP) is 2.00. The van der Waals surface area contributed by atoms with E-state index in [2.05, 4.69) is 5.32 Å². The molecule has 0 unspecified atom stereocenters. The van der Waals surface area contributed by atoms with Crippen LogP contribution in [0.2, 0.25) is 5.02 Å². The Morgan fingerprint density at radius 2 is 1.68 bits per heavy atom. The number of primary amides is 1. The lowest BCUT2D eigenvalue weighted by Gasteiger charge is -2.09. The Balaban J connectivity index is 1.78. The highest BCUT2D eigenvalue weighted by atomic mass is 35.5. The van der Waals surface area contributed by atoms with Gasteiger partial charge in [-0.3, -0.25) is 9.59 Å². The summed E-state index contributed by atoms with van der Waals surface area (Å²) in [6.45, 7) is -0.930. The molecule has 0 bridgehead atoms. The SMILES string of the molecule is NC(=O)c1ccccc1OCC(=O)OCC(=O)Nc1ccc(Cl)cc1. The Morgan fingerprint density at radius 1 is 1.00 bits per heavy atom. The van der Waals surface area contributed by atoms with Crippen LogP contribution in [-0.2, 0) is 14.3 Å². The first-order valence-corrected chi connectivity index (χ1v) is 7.56. The van der Waals surface area contributed by atoms with Crippen molar-refractivity contribution in [2.45, 2.75) is 0 Å². The molecule has 130 valence electrons. The molecule has 8 heteroatoms. The number of esters is 1. The molecule has 0 radical (unpaired) electrons. The Bertz CT molecular complexity index is 777. The predicted molar refractivity (Wildman–Crippen MR) is 91.5 cm³/mol. The van der Waals surface area contributed by atoms with Crippen LogP contribution in [0.3, 0.4) is 0 Å². The smallest absolute Gasteiger partial charge is 0.344 e. The molecule has 2 aromatic rings. The van der Waals surface area contributed by atoms with E-state index in [-0.39, 0.29) is 11.3 Å². The number of rotatable bonds is 7. The molecule has 0 aliphatic heterocycles. The van der Waals surface area contributed by atoms with Crippen LogP contribution >= 0.6 is 11.6 Å². The van der Waals surface area contributed by atoms with Crippen LogP contribution in [0.25, 0.3) is 0 Å². The number of carbonyl (C=O) groups excluding carboxylic acids is 3. The molecule has 0 spiro atoms. The van der Waals surface area contributed by atoms with Crippen molar-refractivity contribution >= 4 is 35.1 Å². The van der Waals surface area contributed by atoms with E-state index in [1.807, 2.05) is 0 Å². The topological polar surface area (TPSA) is 108 Å². The quantitative estimate of drug-likeness (QED) is 0.732. The summed E-state index contributed by atoms with van der Waals surface area (Å²) in [4.78, 5) is 34.6. The van der Waals surface area contributed by atoms with Crippen molar-refractivity contribution in [1.82, 2.24) is 0 Å². The number of nitrogens with one attached hydrogen (secondary N) is 1. The molecule has 0 saturated heterocycles. The van der Waals surface area contributed by atoms with Gasteiger partial charge < -0.3 is 20.5 Å². The maximum atomic E-state index is 11.7. The second-order valence-corrected chi connectivity index (χ2v) is 5.30. The van der Waals surface area contributed by atoms with Gasteiger partial charge in [-0.05, 0) is 36.4 Å². The highest BCUT2D eigenvalue weighted by molar-refractivity contribution is 6.30. The highest BCUT2D eigenvalue weighted by Gasteiger charge is 2.12. The average molecular weight is 363 g/mol. The molecule has 2 amide bonds. The maximum Gasteiger partial charge on any atom is 0.344 e. The van der Waals surface area contributed by atoms with Crippen molar-refractivity contribution in [2.75, 3.05) is 18.5 Å². The summed E-state index contributed by atoms with van der Waals surface area (Å²) in [5.41, 5.74) is 5.88. The van der Waals surface area contributed by atoms with E-state index in [0.29, 0.717) is 10.7 Å². The van der Waals surface area contributed by atoms with Gasteiger partial charge in [-0.25, -0.2) is 4.79 Å². The Kier molecular flexibility index (Phi) is 6.36. The van der Waals surface area contributed by atoms with Crippen LogP contribution in [0, 0.1) is 0 Å². The molecule has 0 atom stereocenters. The zero-order valence-electron chi connectivity index (χ0n) is 13.0. The minimum Gasteiger partial charge on any atom is -0.481 e. The summed E-state index contributed by atoms with van der Waals surface area (Å²) < 4.78 is 10.0. The number of hydrogen-bond acceptors (Lipinski definition) is 5. The molecule has 2 rings (SSSR count). The molecule has 3 N–H and O–H groups in total. The first kappa shape index (κ1) is 18.3. The van der Waals surface area contributed by atoms with E-state index in [9.17, 15) is 14.4 Å². The van der Waals surface area contributed by atoms with Crippen molar-refractivity contribution in [2.24, 2.45) is 5.73 Å². The van der Waals surface area contributed by atoms with Gasteiger partial charge in [0.2, 0.25) is 0 Å². The summed E-state index contributed by atoms with van der Waals surface area (Å²) >= 11 is 5.74. The van der Waals surface area contributed by atoms with Crippen LogP contribution < -0.4 is 15.8 Å². The summed E-state index contributed by atoms with van der Waals surface area (Å²) in [5, 5.41) is 3.09. The van der Waals surface area contributed by atoms with Crippen LogP contribution in [0.5, 0.6) is 5.75 Å². The number of anilines is 1. The standard InChI is InChI=1S/C17H15ClN2O5/c18-11-5-7-12(8-6-11)20-15(21)9-25-16(22)10-24-14-4-2-1-3-13(14)17(19)23/h1-8H,9-10H2,(H2,19,23)(H,20,21). The normalized spacial score (nSPS) is 9.96. The van der Waals surface area contributed by atoms with Crippen molar-refractivity contribution in [1.29, 1.82) is 0 Å². The van der Waals surface area contributed by atoms with Gasteiger partial charge in [-0.15, -0.1) is 0 Å². The minimum absolute atomic E-state index is 0.149. The molecular weight excluding hydrogens is 348 g/mol. The number of benzene rings is 2. The average Bonchev–Trinajstić information content (AvgIpc) is 2.60. The first-order chi connectivity index (χ1) is 12.0. The second-order valence-electron chi connectivity index (χ2n) is 4.86. The first-order valence-electron chi connectivity index (χ1n) is 7.18. The van der Waals surface area contributed by atoms with Gasteiger partial charge in [0.25, 0.3) is 11.8 Å². The molecule has 0 aliphatic rings. The summed E-state index contributed by atoms with van der Waals surface area (Å²) in [5.74, 6) is -1.78. The van der Waals surface area contributed by atoms with Crippen molar-refractivity contribution < 1.29 is 23.9 Å². The monoisotopic (exact) mass is 362 g/mol. The number of para-hydroxylation sites is 1. The Morgan fingerprint density at radius 3 is 2.36 bits per heavy atom. The van der Waals surface area contributed by atoms with E-state index >= 15 is 0 Å². The number of amides is 2. The van der Waals surface area contributed by atoms with Gasteiger partial charge in [0, 0.05) is 10.7 Å². The third-order valence-corrected chi connectivity index (χ3v) is 3.24. The molecule has 2 aromatic carbocycles. The van der Waals surface area contributed by atoms with Crippen LogP contribution in [-0.4, -0.2) is 31.0 Å². The molecule has 25 heavy (non-hydrogen) atoms. The number of carbonyl (C=O) groups is 3. The van der Waals surface area contributed by atoms with Gasteiger partial charge in [0.05, 0.1) is 5.56 Å². The lowest BCUT2D eigenvalue weighted by molar-refractivity contribution is -0.149. The highest BCUT2D eigenvalue weighted by Crippen LogP contribution is 2.17. The van der Waals surface area contributed by atoms with Gasteiger partial charge in [0.15, 0.2) is 13.2 Å². The molecule has 0 heterocycles. The van der Waals surface area contributed by atoms with Gasteiger partial charge in [0.1, 0.15) is 5.75 Å². The fraction of sp³-hybridized carbons (Fsp3) is 0.118. The maximum absolute atomic E-state index is 11.7. The number of nitrogens with two attached hydrogens (primary N) is 1. The molecule has 0 aliphatic carbocycles. The van der Waals surface area contributed by atoms with Gasteiger partial charge >= 0.3 is 5.97 Å². The lowest BCUT2D eigenvalue weighted by Crippen LogP contribution is -2.24. The third-order valence-electron chi connectivity index (χ3n) is 2.99. The second kappa shape index (κ2) is 8.70. The minimum atomic E-state index is -0.759. The Labute approximate surface area is 148 Å². The summed E-state index contributed by atoms with van der Waals surface area (Å²) in [6.07, 6.45) is 0. The van der Waals surface area contributed by atoms with E-state index < -0.39 is 31.0 Å². The fourth-order valence-corrected chi connectivity index (χ4v) is 1.98. The van der Waals surface area contributed by atoms with E-state index in [0.717, 1.165) is 0 Å². The fourth-order valence-electron chi connectivity index (χ4n) is 1.85. The number of halogens is 1. The zero-order chi connectivity index (χ0) is 18.2. The Hall–Kier alpha value is -3.06. The van der Waals surface area contributed by atoms with Crippen LogP contribution in [0.1, 0.15) is 10.4 Å². The number of hydrogen-bond donors (Lipinski definition) is 2. The molecule has 0 aromatic heterocycles. The van der Waals surface area contributed by atoms with Crippen LogP contribution in [0.15, 0.2) is 48.5 Å². The van der Waals surface area contributed by atoms with E-state index in [1.165, 1.54) is 12.1 Å². The van der Waals surface area contributed by atoms with E-state index in [1.54, 1.807) is 36.4 Å². The van der Waals surface area contributed by atoms with Crippen molar-refractivity contribution in [3.63, 3.8) is 0 Å². The largest absolute Gasteiger partial charge is 0.481 e. The molecular formula is C17H15ClN2O5. The van der Waals surface area contributed by atoms with Crippen LogP contribution in [0.4, 0.5) is 5.69 Å². The number of ether oxygens (including phenoxy) is 2. The summed E-state index contributed by atoms with van der Waals surface area (Å²) in [7, 11) is 0. The molecule has 0 fully saturated rings. The van der Waals surface area contributed by atoms with E-state index in [4.69, 9.17) is 26.8 Å². The molecule has 7 nitrogen and oxygen atoms in total.